The molecular weight excluding hydrogens is 230 g/mol. The number of hydrogen-bond donors (Lipinski definition) is 1. The van der Waals surface area contributed by atoms with E-state index in [0.29, 0.717) is 26.4 Å². The maximum Gasteiger partial charge on any atom is 0.129 e. The molecule has 2 aromatic rings. The summed E-state index contributed by atoms with van der Waals surface area (Å²) < 4.78 is 16.1. The fourth-order valence-corrected chi connectivity index (χ4v) is 1.55. The van der Waals surface area contributed by atoms with Gasteiger partial charge < -0.3 is 19.6 Å². The van der Waals surface area contributed by atoms with Crippen molar-refractivity contribution < 1.29 is 13.9 Å². The Balaban J connectivity index is 1.65. The molecule has 0 aliphatic rings. The average Bonchev–Trinajstić information content (AvgIpc) is 2.92. The molecule has 0 spiro atoms. The van der Waals surface area contributed by atoms with Gasteiger partial charge in [-0.25, -0.2) is 0 Å². The minimum atomic E-state index is 0.471. The number of hydrogen-bond acceptors (Lipinski definition) is 4. The highest BCUT2D eigenvalue weighted by Gasteiger charge is 1.97. The van der Waals surface area contributed by atoms with Crippen molar-refractivity contribution in [1.29, 1.82) is 0 Å². The average molecular weight is 247 g/mol. The van der Waals surface area contributed by atoms with Gasteiger partial charge in [0.1, 0.15) is 24.7 Å². The zero-order valence-electron chi connectivity index (χ0n) is 10.2. The third-order valence-corrected chi connectivity index (χ3v) is 2.45. The van der Waals surface area contributed by atoms with Crippen LogP contribution >= 0.6 is 0 Å². The van der Waals surface area contributed by atoms with Crippen LogP contribution < -0.4 is 10.5 Å². The van der Waals surface area contributed by atoms with Crippen molar-refractivity contribution in [2.75, 3.05) is 13.2 Å². The summed E-state index contributed by atoms with van der Waals surface area (Å²) in [5.74, 6) is 1.64. The highest BCUT2D eigenvalue weighted by Crippen LogP contribution is 2.12. The lowest BCUT2D eigenvalue weighted by atomic mass is 10.2. The van der Waals surface area contributed by atoms with Crippen LogP contribution in [0.4, 0.5) is 0 Å². The van der Waals surface area contributed by atoms with E-state index in [0.717, 1.165) is 17.1 Å². The Morgan fingerprint density at radius 2 is 2.06 bits per heavy atom. The van der Waals surface area contributed by atoms with Gasteiger partial charge in [0.05, 0.1) is 12.9 Å². The molecule has 0 aliphatic heterocycles. The normalized spacial score (nSPS) is 10.5. The first-order chi connectivity index (χ1) is 8.88. The molecule has 0 saturated carbocycles. The SMILES string of the molecule is NCc1cccc(OCCOCc2ccco2)c1. The molecule has 0 amide bonds. The summed E-state index contributed by atoms with van der Waals surface area (Å²) in [5.41, 5.74) is 6.62. The van der Waals surface area contributed by atoms with Gasteiger partial charge in [-0.3, -0.25) is 0 Å². The van der Waals surface area contributed by atoms with Crippen LogP contribution in [0, 0.1) is 0 Å². The standard InChI is InChI=1S/C14H17NO3/c15-10-12-3-1-4-13(9-12)18-8-7-16-11-14-5-2-6-17-14/h1-6,9H,7-8,10-11,15H2. The fraction of sp³-hybridized carbons (Fsp3) is 0.286. The molecule has 1 aromatic carbocycles. The fourth-order valence-electron chi connectivity index (χ4n) is 1.55. The molecule has 1 heterocycles. The molecule has 18 heavy (non-hydrogen) atoms. The first kappa shape index (κ1) is 12.7. The van der Waals surface area contributed by atoms with E-state index in [1.807, 2.05) is 36.4 Å². The van der Waals surface area contributed by atoms with Crippen molar-refractivity contribution in [2.45, 2.75) is 13.2 Å². The second kappa shape index (κ2) is 6.83. The number of nitrogens with two attached hydrogens (primary N) is 1. The minimum Gasteiger partial charge on any atom is -0.491 e. The van der Waals surface area contributed by atoms with Gasteiger partial charge in [-0.2, -0.15) is 0 Å². The number of benzene rings is 1. The van der Waals surface area contributed by atoms with Gasteiger partial charge in [-0.05, 0) is 29.8 Å². The quantitative estimate of drug-likeness (QED) is 0.763. The predicted octanol–water partition coefficient (Wildman–Crippen LogP) is 2.33. The second-order valence-electron chi connectivity index (χ2n) is 3.83. The molecule has 0 saturated heterocycles. The molecule has 4 heteroatoms. The second-order valence-corrected chi connectivity index (χ2v) is 3.83. The lowest BCUT2D eigenvalue weighted by molar-refractivity contribution is 0.0781. The molecular formula is C14H17NO3. The zero-order valence-corrected chi connectivity index (χ0v) is 10.2. The van der Waals surface area contributed by atoms with Gasteiger partial charge >= 0.3 is 0 Å². The molecule has 0 atom stereocenters. The minimum absolute atomic E-state index is 0.471. The summed E-state index contributed by atoms with van der Waals surface area (Å²) in [6.45, 7) is 2.02. The van der Waals surface area contributed by atoms with Crippen LogP contribution in [-0.2, 0) is 17.9 Å². The van der Waals surface area contributed by atoms with Crippen LogP contribution in [0.15, 0.2) is 47.1 Å². The highest BCUT2D eigenvalue weighted by atomic mass is 16.5. The Bertz CT molecular complexity index is 454. The summed E-state index contributed by atoms with van der Waals surface area (Å²) in [6, 6.07) is 11.5. The van der Waals surface area contributed by atoms with Crippen LogP contribution in [-0.4, -0.2) is 13.2 Å². The van der Waals surface area contributed by atoms with Gasteiger partial charge in [0.15, 0.2) is 0 Å². The number of furan rings is 1. The lowest BCUT2D eigenvalue weighted by Gasteiger charge is -2.07. The third kappa shape index (κ3) is 3.91. The summed E-state index contributed by atoms with van der Waals surface area (Å²) >= 11 is 0. The molecule has 2 rings (SSSR count). The van der Waals surface area contributed by atoms with E-state index >= 15 is 0 Å². The lowest BCUT2D eigenvalue weighted by Crippen LogP contribution is -2.07. The Labute approximate surface area is 106 Å². The van der Waals surface area contributed by atoms with Crippen LogP contribution in [0.1, 0.15) is 11.3 Å². The van der Waals surface area contributed by atoms with Crippen molar-refractivity contribution in [3.63, 3.8) is 0 Å². The van der Waals surface area contributed by atoms with E-state index < -0.39 is 0 Å². The summed E-state index contributed by atoms with van der Waals surface area (Å²) in [6.07, 6.45) is 1.63. The highest BCUT2D eigenvalue weighted by molar-refractivity contribution is 5.28. The molecule has 0 radical (unpaired) electrons. The number of ether oxygens (including phenoxy) is 2. The predicted molar refractivity (Wildman–Crippen MR) is 68.2 cm³/mol. The van der Waals surface area contributed by atoms with E-state index in [9.17, 15) is 0 Å². The smallest absolute Gasteiger partial charge is 0.129 e. The molecule has 0 unspecified atom stereocenters. The molecule has 0 aliphatic carbocycles. The van der Waals surface area contributed by atoms with Crippen molar-refractivity contribution in [1.82, 2.24) is 0 Å². The molecule has 0 fully saturated rings. The van der Waals surface area contributed by atoms with Crippen molar-refractivity contribution in [2.24, 2.45) is 5.73 Å². The van der Waals surface area contributed by atoms with Crippen LogP contribution in [0.3, 0.4) is 0 Å². The van der Waals surface area contributed by atoms with E-state index in [-0.39, 0.29) is 0 Å². The first-order valence-corrected chi connectivity index (χ1v) is 5.90. The van der Waals surface area contributed by atoms with E-state index in [4.69, 9.17) is 19.6 Å². The van der Waals surface area contributed by atoms with Gasteiger partial charge in [-0.15, -0.1) is 0 Å². The van der Waals surface area contributed by atoms with Crippen molar-refractivity contribution >= 4 is 0 Å². The van der Waals surface area contributed by atoms with Gasteiger partial charge in [0, 0.05) is 6.54 Å². The first-order valence-electron chi connectivity index (χ1n) is 5.90. The maximum atomic E-state index is 5.56. The van der Waals surface area contributed by atoms with E-state index in [2.05, 4.69) is 0 Å². The Hall–Kier alpha value is -1.78. The summed E-state index contributed by atoms with van der Waals surface area (Å²) in [7, 11) is 0. The summed E-state index contributed by atoms with van der Waals surface area (Å²) in [5, 5.41) is 0. The molecule has 0 bridgehead atoms. The summed E-state index contributed by atoms with van der Waals surface area (Å²) in [4.78, 5) is 0. The Kier molecular flexibility index (Phi) is 4.81. The third-order valence-electron chi connectivity index (χ3n) is 2.45. The van der Waals surface area contributed by atoms with Gasteiger partial charge in [-0.1, -0.05) is 12.1 Å². The van der Waals surface area contributed by atoms with Gasteiger partial charge in [0.25, 0.3) is 0 Å². The molecule has 4 nitrogen and oxygen atoms in total. The maximum absolute atomic E-state index is 5.56. The van der Waals surface area contributed by atoms with Crippen molar-refractivity contribution in [3.8, 4) is 5.75 Å². The molecule has 2 N–H and O–H groups in total. The number of rotatable bonds is 7. The topological polar surface area (TPSA) is 57.6 Å². The van der Waals surface area contributed by atoms with Crippen LogP contribution in [0.25, 0.3) is 0 Å². The van der Waals surface area contributed by atoms with Crippen LogP contribution in [0.2, 0.25) is 0 Å². The molecule has 1 aromatic heterocycles. The Morgan fingerprint density at radius 1 is 1.11 bits per heavy atom. The van der Waals surface area contributed by atoms with Crippen LogP contribution in [0.5, 0.6) is 5.75 Å². The van der Waals surface area contributed by atoms with E-state index in [1.165, 1.54) is 0 Å². The van der Waals surface area contributed by atoms with Gasteiger partial charge in [0.2, 0.25) is 0 Å². The monoisotopic (exact) mass is 247 g/mol. The largest absolute Gasteiger partial charge is 0.491 e. The van der Waals surface area contributed by atoms with Crippen molar-refractivity contribution in [3.05, 3.63) is 54.0 Å². The van der Waals surface area contributed by atoms with E-state index in [1.54, 1.807) is 6.26 Å². The Morgan fingerprint density at radius 3 is 2.83 bits per heavy atom. The zero-order chi connectivity index (χ0) is 12.6. The molecule has 96 valence electrons.